The molecule has 1 aromatic heterocycles. The molecule has 21 heavy (non-hydrogen) atoms. The number of nitrogens with zero attached hydrogens (tertiary/aromatic N) is 3. The van der Waals surface area contributed by atoms with Crippen molar-refractivity contribution in [2.45, 2.75) is 25.8 Å². The Balaban J connectivity index is 2.01. The second-order valence-corrected chi connectivity index (χ2v) is 6.17. The van der Waals surface area contributed by atoms with E-state index in [2.05, 4.69) is 36.0 Å². The number of rotatable bonds is 2. The van der Waals surface area contributed by atoms with Crippen molar-refractivity contribution < 1.29 is 0 Å². The predicted molar refractivity (Wildman–Crippen MR) is 89.8 cm³/mol. The van der Waals surface area contributed by atoms with Gasteiger partial charge in [-0.1, -0.05) is 12.1 Å². The van der Waals surface area contributed by atoms with Gasteiger partial charge in [-0.2, -0.15) is 0 Å². The van der Waals surface area contributed by atoms with Crippen LogP contribution < -0.4 is 10.6 Å². The average molecular weight is 284 g/mol. The monoisotopic (exact) mass is 284 g/mol. The number of piperidine rings is 1. The average Bonchev–Trinajstić information content (AvgIpc) is 2.47. The van der Waals surface area contributed by atoms with Crippen molar-refractivity contribution in [1.82, 2.24) is 9.88 Å². The van der Waals surface area contributed by atoms with Gasteiger partial charge in [0.25, 0.3) is 0 Å². The Bertz CT molecular complexity index is 645. The van der Waals surface area contributed by atoms with E-state index in [1.807, 2.05) is 19.1 Å². The number of fused-ring (bicyclic) bond motifs is 1. The summed E-state index contributed by atoms with van der Waals surface area (Å²) in [7, 11) is 4.36. The molecule has 0 radical (unpaired) electrons. The maximum Gasteiger partial charge on any atom is 0.136 e. The minimum absolute atomic E-state index is 0.556. The summed E-state index contributed by atoms with van der Waals surface area (Å²) in [5.74, 6) is 1.06. The summed E-state index contributed by atoms with van der Waals surface area (Å²) in [6.07, 6.45) is 2.37. The van der Waals surface area contributed by atoms with Gasteiger partial charge >= 0.3 is 0 Å². The molecule has 0 unspecified atom stereocenters. The van der Waals surface area contributed by atoms with Crippen molar-refractivity contribution in [2.24, 2.45) is 0 Å². The van der Waals surface area contributed by atoms with Crippen LogP contribution in [-0.4, -0.2) is 43.1 Å². The normalized spacial score (nSPS) is 17.3. The number of aromatic nitrogens is 1. The summed E-state index contributed by atoms with van der Waals surface area (Å²) < 4.78 is 0. The Morgan fingerprint density at radius 3 is 2.67 bits per heavy atom. The molecule has 1 aliphatic rings. The molecule has 3 rings (SSSR count). The first-order chi connectivity index (χ1) is 10.1. The molecule has 0 amide bonds. The number of pyridine rings is 1. The van der Waals surface area contributed by atoms with Crippen LogP contribution in [0.3, 0.4) is 0 Å². The lowest BCUT2D eigenvalue weighted by Crippen LogP contribution is -2.42. The van der Waals surface area contributed by atoms with E-state index in [1.54, 1.807) is 0 Å². The highest BCUT2D eigenvalue weighted by Gasteiger charge is 2.23. The third kappa shape index (κ3) is 2.68. The van der Waals surface area contributed by atoms with Crippen molar-refractivity contribution in [3.8, 4) is 0 Å². The number of nitrogens with two attached hydrogens (primary N) is 1. The minimum Gasteiger partial charge on any atom is -0.398 e. The highest BCUT2D eigenvalue weighted by atomic mass is 15.2. The lowest BCUT2D eigenvalue weighted by Gasteiger charge is -2.36. The molecule has 1 aliphatic heterocycles. The Labute approximate surface area is 126 Å². The van der Waals surface area contributed by atoms with Crippen molar-refractivity contribution in [1.29, 1.82) is 0 Å². The Kier molecular flexibility index (Phi) is 3.72. The van der Waals surface area contributed by atoms with E-state index in [0.29, 0.717) is 6.04 Å². The molecule has 2 heterocycles. The zero-order valence-corrected chi connectivity index (χ0v) is 13.1. The van der Waals surface area contributed by atoms with E-state index in [0.717, 1.165) is 41.1 Å². The molecular formula is C17H24N4. The lowest BCUT2D eigenvalue weighted by atomic mass is 10.0. The fourth-order valence-electron chi connectivity index (χ4n) is 3.23. The number of benzene rings is 1. The summed E-state index contributed by atoms with van der Waals surface area (Å²) in [6.45, 7) is 4.35. The quantitative estimate of drug-likeness (QED) is 0.861. The minimum atomic E-state index is 0.556. The van der Waals surface area contributed by atoms with E-state index < -0.39 is 0 Å². The maximum absolute atomic E-state index is 6.14. The van der Waals surface area contributed by atoms with Crippen LogP contribution in [0, 0.1) is 6.92 Å². The number of hydrogen-bond acceptors (Lipinski definition) is 4. The first-order valence-corrected chi connectivity index (χ1v) is 7.63. The van der Waals surface area contributed by atoms with Gasteiger partial charge in [0.1, 0.15) is 5.82 Å². The van der Waals surface area contributed by atoms with Gasteiger partial charge in [0.15, 0.2) is 0 Å². The third-order valence-corrected chi connectivity index (χ3v) is 4.59. The van der Waals surface area contributed by atoms with Crippen LogP contribution in [0.25, 0.3) is 10.8 Å². The Morgan fingerprint density at radius 1 is 1.24 bits per heavy atom. The van der Waals surface area contributed by atoms with Gasteiger partial charge in [-0.05, 0) is 52.0 Å². The summed E-state index contributed by atoms with van der Waals surface area (Å²) in [6, 6.07) is 8.73. The Morgan fingerprint density at radius 2 is 1.95 bits per heavy atom. The van der Waals surface area contributed by atoms with Gasteiger partial charge in [0.2, 0.25) is 0 Å². The molecule has 4 heteroatoms. The maximum atomic E-state index is 6.14. The molecule has 0 bridgehead atoms. The van der Waals surface area contributed by atoms with Crippen molar-refractivity contribution in [3.63, 3.8) is 0 Å². The molecule has 1 aromatic carbocycles. The fourth-order valence-corrected chi connectivity index (χ4v) is 3.23. The van der Waals surface area contributed by atoms with Crippen LogP contribution in [0.4, 0.5) is 11.5 Å². The number of aryl methyl sites for hydroxylation is 1. The zero-order chi connectivity index (χ0) is 15.0. The van der Waals surface area contributed by atoms with E-state index in [4.69, 9.17) is 10.7 Å². The summed E-state index contributed by atoms with van der Waals surface area (Å²) >= 11 is 0. The van der Waals surface area contributed by atoms with Gasteiger partial charge < -0.3 is 15.5 Å². The van der Waals surface area contributed by atoms with Crippen LogP contribution in [0.15, 0.2) is 24.3 Å². The third-order valence-electron chi connectivity index (χ3n) is 4.59. The highest BCUT2D eigenvalue weighted by Crippen LogP contribution is 2.31. The van der Waals surface area contributed by atoms with E-state index >= 15 is 0 Å². The molecule has 1 saturated heterocycles. The van der Waals surface area contributed by atoms with E-state index in [1.165, 1.54) is 12.8 Å². The van der Waals surface area contributed by atoms with Crippen LogP contribution in [0.1, 0.15) is 18.5 Å². The second-order valence-electron chi connectivity index (χ2n) is 6.17. The molecule has 4 nitrogen and oxygen atoms in total. The first-order valence-electron chi connectivity index (χ1n) is 7.63. The van der Waals surface area contributed by atoms with E-state index in [9.17, 15) is 0 Å². The number of anilines is 2. The SMILES string of the molecule is Cc1cc2c(N)cccc2c(N(C)C2CCN(C)CC2)n1. The predicted octanol–water partition coefficient (Wildman–Crippen LogP) is 2.66. The molecule has 0 atom stereocenters. The number of hydrogen-bond donors (Lipinski definition) is 1. The number of likely N-dealkylation sites (tertiary alicyclic amines) is 1. The second kappa shape index (κ2) is 5.53. The summed E-state index contributed by atoms with van der Waals surface area (Å²) in [4.78, 5) is 9.54. The molecule has 0 aliphatic carbocycles. The summed E-state index contributed by atoms with van der Waals surface area (Å²) in [5, 5.41) is 2.27. The molecule has 0 spiro atoms. The number of nitrogen functional groups attached to an aromatic ring is 1. The lowest BCUT2D eigenvalue weighted by molar-refractivity contribution is 0.252. The fraction of sp³-hybridized carbons (Fsp3) is 0.471. The molecule has 0 saturated carbocycles. The van der Waals surface area contributed by atoms with Crippen LogP contribution in [-0.2, 0) is 0 Å². The van der Waals surface area contributed by atoms with Crippen molar-refractivity contribution in [3.05, 3.63) is 30.0 Å². The van der Waals surface area contributed by atoms with Crippen molar-refractivity contribution in [2.75, 3.05) is 37.8 Å². The molecule has 2 aromatic rings. The molecule has 1 fully saturated rings. The molecular weight excluding hydrogens is 260 g/mol. The van der Waals surface area contributed by atoms with Crippen LogP contribution in [0.5, 0.6) is 0 Å². The topological polar surface area (TPSA) is 45.4 Å². The van der Waals surface area contributed by atoms with Gasteiger partial charge in [-0.15, -0.1) is 0 Å². The summed E-state index contributed by atoms with van der Waals surface area (Å²) in [5.41, 5.74) is 7.99. The smallest absolute Gasteiger partial charge is 0.136 e. The van der Waals surface area contributed by atoms with Crippen LogP contribution >= 0.6 is 0 Å². The van der Waals surface area contributed by atoms with Gasteiger partial charge in [0.05, 0.1) is 0 Å². The van der Waals surface area contributed by atoms with Gasteiger partial charge in [0, 0.05) is 35.2 Å². The highest BCUT2D eigenvalue weighted by molar-refractivity contribution is 5.99. The zero-order valence-electron chi connectivity index (χ0n) is 13.1. The van der Waals surface area contributed by atoms with Crippen molar-refractivity contribution >= 4 is 22.3 Å². The molecule has 112 valence electrons. The largest absolute Gasteiger partial charge is 0.398 e. The Hall–Kier alpha value is -1.81. The van der Waals surface area contributed by atoms with Gasteiger partial charge in [-0.3, -0.25) is 0 Å². The standard InChI is InChI=1S/C17H24N4/c1-12-11-15-14(5-4-6-16(15)18)17(19-12)21(3)13-7-9-20(2)10-8-13/h4-6,11,13H,7-10,18H2,1-3H3. The van der Waals surface area contributed by atoms with E-state index in [-0.39, 0.29) is 0 Å². The van der Waals surface area contributed by atoms with Crippen LogP contribution in [0.2, 0.25) is 0 Å². The first kappa shape index (κ1) is 14.1. The van der Waals surface area contributed by atoms with Gasteiger partial charge in [-0.25, -0.2) is 4.98 Å². The molecule has 2 N–H and O–H groups in total.